The Kier molecular flexibility index (Phi) is 4.14. The highest BCUT2D eigenvalue weighted by atomic mass is 16.5. The van der Waals surface area contributed by atoms with Gasteiger partial charge in [0.05, 0.1) is 7.11 Å². The van der Waals surface area contributed by atoms with Crippen LogP contribution >= 0.6 is 0 Å². The Labute approximate surface area is 113 Å². The molecule has 0 aliphatic carbocycles. The molecule has 0 saturated heterocycles. The van der Waals surface area contributed by atoms with E-state index in [1.165, 1.54) is 0 Å². The molecule has 2 aromatic rings. The predicted molar refractivity (Wildman–Crippen MR) is 77.5 cm³/mol. The number of hydrogen-bond acceptors (Lipinski definition) is 2. The van der Waals surface area contributed by atoms with Gasteiger partial charge in [0.2, 0.25) is 0 Å². The molecular weight excluding hydrogens is 236 g/mol. The second-order valence-corrected chi connectivity index (χ2v) is 4.29. The fraction of sp³-hybridized carbons (Fsp3) is 0.118. The molecule has 0 amide bonds. The van der Waals surface area contributed by atoms with Gasteiger partial charge in [0.1, 0.15) is 5.75 Å². The van der Waals surface area contributed by atoms with Crippen LogP contribution in [0.15, 0.2) is 54.6 Å². The number of carbonyl (C=O) groups excluding carboxylic acids is 1. The lowest BCUT2D eigenvalue weighted by molar-refractivity contribution is 0.104. The summed E-state index contributed by atoms with van der Waals surface area (Å²) in [6, 6.07) is 15.2. The van der Waals surface area contributed by atoms with Crippen LogP contribution in [0.2, 0.25) is 0 Å². The zero-order valence-electron chi connectivity index (χ0n) is 11.1. The van der Waals surface area contributed by atoms with Crippen molar-refractivity contribution in [1.82, 2.24) is 0 Å². The van der Waals surface area contributed by atoms with Gasteiger partial charge < -0.3 is 4.74 Å². The van der Waals surface area contributed by atoms with Gasteiger partial charge in [0, 0.05) is 5.56 Å². The second-order valence-electron chi connectivity index (χ2n) is 4.29. The van der Waals surface area contributed by atoms with Crippen molar-refractivity contribution in [1.29, 1.82) is 0 Å². The van der Waals surface area contributed by atoms with E-state index in [2.05, 4.69) is 0 Å². The molecule has 0 aliphatic rings. The molecule has 0 aromatic heterocycles. The third kappa shape index (κ3) is 3.32. The van der Waals surface area contributed by atoms with Crippen LogP contribution in [0.1, 0.15) is 21.5 Å². The van der Waals surface area contributed by atoms with Gasteiger partial charge >= 0.3 is 0 Å². The number of ketones is 1. The number of hydrogen-bond donors (Lipinski definition) is 0. The van der Waals surface area contributed by atoms with Gasteiger partial charge in [0.25, 0.3) is 0 Å². The number of benzene rings is 2. The minimum atomic E-state index is -0.0258. The summed E-state index contributed by atoms with van der Waals surface area (Å²) in [7, 11) is 1.61. The maximum atomic E-state index is 12.1. The fourth-order valence-electron chi connectivity index (χ4n) is 1.81. The Morgan fingerprint density at radius 1 is 1.11 bits per heavy atom. The SMILES string of the molecule is COc1cc(C(=O)/C=C/c2ccccc2)ccc1C. The zero-order valence-corrected chi connectivity index (χ0v) is 11.1. The molecule has 0 N–H and O–H groups in total. The normalized spacial score (nSPS) is 10.6. The van der Waals surface area contributed by atoms with Gasteiger partial charge in [-0.3, -0.25) is 4.79 Å². The van der Waals surface area contributed by atoms with E-state index >= 15 is 0 Å². The predicted octanol–water partition coefficient (Wildman–Crippen LogP) is 3.90. The highest BCUT2D eigenvalue weighted by Gasteiger charge is 2.05. The molecule has 0 heterocycles. The Hall–Kier alpha value is -2.35. The van der Waals surface area contributed by atoms with Crippen LogP contribution in [0.3, 0.4) is 0 Å². The topological polar surface area (TPSA) is 26.3 Å². The Balaban J connectivity index is 2.18. The van der Waals surface area contributed by atoms with Crippen molar-refractivity contribution in [3.8, 4) is 5.75 Å². The molecule has 0 fully saturated rings. The number of methoxy groups -OCH3 is 1. The molecule has 2 aromatic carbocycles. The average molecular weight is 252 g/mol. The summed E-state index contributed by atoms with van der Waals surface area (Å²) in [5.41, 5.74) is 2.66. The molecule has 2 heteroatoms. The zero-order chi connectivity index (χ0) is 13.7. The van der Waals surface area contributed by atoms with Crippen LogP contribution in [0.25, 0.3) is 6.08 Å². The summed E-state index contributed by atoms with van der Waals surface area (Å²) in [4.78, 5) is 12.1. The highest BCUT2D eigenvalue weighted by Crippen LogP contribution is 2.19. The van der Waals surface area contributed by atoms with Gasteiger partial charge in [0.15, 0.2) is 5.78 Å². The molecule has 96 valence electrons. The molecule has 0 bridgehead atoms. The number of ether oxygens (including phenoxy) is 1. The highest BCUT2D eigenvalue weighted by molar-refractivity contribution is 6.07. The first-order chi connectivity index (χ1) is 9.20. The third-order valence-corrected chi connectivity index (χ3v) is 2.92. The second kappa shape index (κ2) is 6.01. The van der Waals surface area contributed by atoms with Crippen molar-refractivity contribution in [2.45, 2.75) is 6.92 Å². The summed E-state index contributed by atoms with van der Waals surface area (Å²) >= 11 is 0. The van der Waals surface area contributed by atoms with E-state index in [9.17, 15) is 4.79 Å². The monoisotopic (exact) mass is 252 g/mol. The fourth-order valence-corrected chi connectivity index (χ4v) is 1.81. The van der Waals surface area contributed by atoms with E-state index < -0.39 is 0 Å². The van der Waals surface area contributed by atoms with Crippen LogP contribution in [0, 0.1) is 6.92 Å². The first-order valence-electron chi connectivity index (χ1n) is 6.13. The number of carbonyl (C=O) groups is 1. The van der Waals surface area contributed by atoms with Crippen molar-refractivity contribution in [3.63, 3.8) is 0 Å². The molecule has 0 radical (unpaired) electrons. The molecule has 19 heavy (non-hydrogen) atoms. The Bertz CT molecular complexity index is 598. The molecule has 2 nitrogen and oxygen atoms in total. The summed E-state index contributed by atoms with van der Waals surface area (Å²) in [6.45, 7) is 1.95. The number of rotatable bonds is 4. The lowest BCUT2D eigenvalue weighted by Gasteiger charge is -2.05. The lowest BCUT2D eigenvalue weighted by Crippen LogP contribution is -1.96. The van der Waals surface area contributed by atoms with Crippen molar-refractivity contribution in [3.05, 3.63) is 71.3 Å². The van der Waals surface area contributed by atoms with E-state index in [1.54, 1.807) is 19.3 Å². The van der Waals surface area contributed by atoms with Crippen LogP contribution in [0.4, 0.5) is 0 Å². The lowest BCUT2D eigenvalue weighted by atomic mass is 10.1. The van der Waals surface area contributed by atoms with Crippen LogP contribution in [-0.4, -0.2) is 12.9 Å². The van der Waals surface area contributed by atoms with Crippen LogP contribution in [0.5, 0.6) is 5.75 Å². The van der Waals surface area contributed by atoms with Crippen molar-refractivity contribution in [2.24, 2.45) is 0 Å². The van der Waals surface area contributed by atoms with Crippen LogP contribution in [-0.2, 0) is 0 Å². The minimum Gasteiger partial charge on any atom is -0.496 e. The molecule has 0 saturated carbocycles. The van der Waals surface area contributed by atoms with Crippen molar-refractivity contribution in [2.75, 3.05) is 7.11 Å². The number of allylic oxidation sites excluding steroid dienone is 1. The smallest absolute Gasteiger partial charge is 0.185 e. The molecule has 0 unspecified atom stereocenters. The van der Waals surface area contributed by atoms with Crippen molar-refractivity contribution < 1.29 is 9.53 Å². The Morgan fingerprint density at radius 3 is 2.53 bits per heavy atom. The van der Waals surface area contributed by atoms with E-state index in [0.29, 0.717) is 5.56 Å². The third-order valence-electron chi connectivity index (χ3n) is 2.92. The van der Waals surface area contributed by atoms with E-state index in [0.717, 1.165) is 16.9 Å². The van der Waals surface area contributed by atoms with E-state index in [-0.39, 0.29) is 5.78 Å². The Morgan fingerprint density at radius 2 is 1.84 bits per heavy atom. The van der Waals surface area contributed by atoms with Gasteiger partial charge in [-0.2, -0.15) is 0 Å². The van der Waals surface area contributed by atoms with Crippen molar-refractivity contribution >= 4 is 11.9 Å². The molecule has 0 aliphatic heterocycles. The largest absolute Gasteiger partial charge is 0.496 e. The first kappa shape index (κ1) is 13.1. The first-order valence-corrected chi connectivity index (χ1v) is 6.13. The van der Waals surface area contributed by atoms with E-state index in [4.69, 9.17) is 4.74 Å². The summed E-state index contributed by atoms with van der Waals surface area (Å²) < 4.78 is 5.22. The minimum absolute atomic E-state index is 0.0258. The molecule has 2 rings (SSSR count). The van der Waals surface area contributed by atoms with Gasteiger partial charge in [-0.15, -0.1) is 0 Å². The quantitative estimate of drug-likeness (QED) is 0.609. The molecule has 0 spiro atoms. The maximum absolute atomic E-state index is 12.1. The standard InChI is InChI=1S/C17H16O2/c1-13-8-10-15(12-17(13)19-2)16(18)11-9-14-6-4-3-5-7-14/h3-12H,1-2H3/b11-9+. The summed E-state index contributed by atoms with van der Waals surface area (Å²) in [6.07, 6.45) is 3.40. The summed E-state index contributed by atoms with van der Waals surface area (Å²) in [5.74, 6) is 0.709. The average Bonchev–Trinajstić information content (AvgIpc) is 2.46. The van der Waals surface area contributed by atoms with E-state index in [1.807, 2.05) is 55.5 Å². The molecule has 0 atom stereocenters. The molecular formula is C17H16O2. The van der Waals surface area contributed by atoms with Gasteiger partial charge in [-0.1, -0.05) is 48.5 Å². The number of aryl methyl sites for hydroxylation is 1. The van der Waals surface area contributed by atoms with Gasteiger partial charge in [-0.05, 0) is 30.2 Å². The summed E-state index contributed by atoms with van der Waals surface area (Å²) in [5, 5.41) is 0. The maximum Gasteiger partial charge on any atom is 0.185 e. The van der Waals surface area contributed by atoms with Crippen LogP contribution < -0.4 is 4.74 Å². The van der Waals surface area contributed by atoms with Gasteiger partial charge in [-0.25, -0.2) is 0 Å².